The van der Waals surface area contributed by atoms with Gasteiger partial charge in [-0.15, -0.1) is 0 Å². The Balaban J connectivity index is 1.53. The van der Waals surface area contributed by atoms with E-state index in [0.717, 1.165) is 30.5 Å². The number of aromatic amines is 1. The molecule has 3 N–H and O–H groups in total. The number of nitrogens with zero attached hydrogens (tertiary/aromatic N) is 2. The molecule has 0 saturated heterocycles. The summed E-state index contributed by atoms with van der Waals surface area (Å²) in [6.07, 6.45) is 2.83. The number of amides is 3. The van der Waals surface area contributed by atoms with Crippen molar-refractivity contribution in [2.45, 2.75) is 76.5 Å². The molecule has 1 aromatic carbocycles. The van der Waals surface area contributed by atoms with Crippen LogP contribution < -0.4 is 15.4 Å². The molecule has 1 aliphatic heterocycles. The highest BCUT2D eigenvalue weighted by molar-refractivity contribution is 6.83. The van der Waals surface area contributed by atoms with Crippen molar-refractivity contribution in [1.82, 2.24) is 15.1 Å². The number of fused-ring (bicyclic) bond motifs is 1. The number of H-pyrrole nitrogens is 1. The first-order valence-electron chi connectivity index (χ1n) is 11.4. The molecule has 1 aromatic heterocycles. The van der Waals surface area contributed by atoms with Gasteiger partial charge in [0.1, 0.15) is 5.75 Å². The van der Waals surface area contributed by atoms with Gasteiger partial charge in [-0.25, -0.2) is 4.79 Å². The summed E-state index contributed by atoms with van der Waals surface area (Å²) in [4.78, 5) is 28.0. The maximum Gasteiger partial charge on any atom is 0.387 e. The Hall–Kier alpha value is -2.95. The van der Waals surface area contributed by atoms with Crippen LogP contribution in [0.5, 0.6) is 5.75 Å². The Morgan fingerprint density at radius 2 is 1.85 bits per heavy atom. The van der Waals surface area contributed by atoms with Crippen LogP contribution in [0.2, 0.25) is 24.7 Å². The van der Waals surface area contributed by atoms with Crippen LogP contribution in [0, 0.1) is 0 Å². The molecule has 0 atom stereocenters. The monoisotopic (exact) mass is 491 g/mol. The van der Waals surface area contributed by atoms with Crippen molar-refractivity contribution < 1.29 is 23.1 Å². The molecule has 0 radical (unpaired) electrons. The van der Waals surface area contributed by atoms with Gasteiger partial charge in [-0.05, 0) is 38.8 Å². The minimum absolute atomic E-state index is 0.00556. The fraction of sp³-hybridized carbons (Fsp3) is 0.522. The van der Waals surface area contributed by atoms with Crippen molar-refractivity contribution in [3.63, 3.8) is 0 Å². The smallest absolute Gasteiger partial charge is 0.387 e. The number of aromatic nitrogens is 2. The van der Waals surface area contributed by atoms with Gasteiger partial charge in [-0.3, -0.25) is 9.89 Å². The first-order chi connectivity index (χ1) is 15.9. The predicted molar refractivity (Wildman–Crippen MR) is 128 cm³/mol. The molecule has 2 heterocycles. The summed E-state index contributed by atoms with van der Waals surface area (Å²) >= 11 is 0. The maximum absolute atomic E-state index is 13.3. The van der Waals surface area contributed by atoms with Gasteiger partial charge in [0, 0.05) is 10.6 Å². The fourth-order valence-corrected chi connectivity index (χ4v) is 7.57. The molecule has 0 unspecified atom stereocenters. The third kappa shape index (κ3) is 3.95. The largest absolute Gasteiger partial charge is 0.433 e. The van der Waals surface area contributed by atoms with Crippen LogP contribution in [0.1, 0.15) is 44.4 Å². The van der Waals surface area contributed by atoms with Crippen molar-refractivity contribution in [2.24, 2.45) is 0 Å². The van der Waals surface area contributed by atoms with Crippen molar-refractivity contribution in [3.8, 4) is 5.75 Å². The maximum atomic E-state index is 13.3. The summed E-state index contributed by atoms with van der Waals surface area (Å²) in [5.41, 5.74) is 0.857. The Kier molecular flexibility index (Phi) is 5.95. The number of hydrogen-bond donors (Lipinski definition) is 3. The van der Waals surface area contributed by atoms with Crippen LogP contribution >= 0.6 is 0 Å². The molecule has 2 aromatic rings. The fourth-order valence-electron chi connectivity index (χ4n) is 4.97. The SMILES string of the molecule is CC1(C)c2[nH]nc(NC(=O)C3([Si](C)(C)C)CCC3)c2CN1C(=O)Nc1ccccc1OC(F)F. The van der Waals surface area contributed by atoms with Gasteiger partial charge in [-0.1, -0.05) is 38.2 Å². The number of rotatable bonds is 6. The van der Waals surface area contributed by atoms with E-state index in [4.69, 9.17) is 0 Å². The first-order valence-corrected chi connectivity index (χ1v) is 14.9. The molecular weight excluding hydrogens is 460 g/mol. The van der Waals surface area contributed by atoms with Crippen molar-refractivity contribution in [1.29, 1.82) is 0 Å². The van der Waals surface area contributed by atoms with Crippen LogP contribution in [-0.4, -0.2) is 41.7 Å². The van der Waals surface area contributed by atoms with E-state index in [0.29, 0.717) is 5.82 Å². The molecule has 8 nitrogen and oxygen atoms in total. The first kappa shape index (κ1) is 24.2. The Bertz CT molecular complexity index is 1110. The van der Waals surface area contributed by atoms with Gasteiger partial charge in [-0.2, -0.15) is 13.9 Å². The van der Waals surface area contributed by atoms with Gasteiger partial charge in [0.2, 0.25) is 5.91 Å². The van der Waals surface area contributed by atoms with Crippen LogP contribution in [-0.2, 0) is 16.9 Å². The van der Waals surface area contributed by atoms with E-state index in [2.05, 4.69) is 45.2 Å². The highest BCUT2D eigenvalue weighted by Gasteiger charge is 2.54. The number of urea groups is 1. The second-order valence-corrected chi connectivity index (χ2v) is 16.0. The molecule has 0 spiro atoms. The number of carbonyl (C=O) groups excluding carboxylic acids is 2. The second-order valence-electron chi connectivity index (χ2n) is 10.5. The lowest BCUT2D eigenvalue weighted by molar-refractivity contribution is -0.121. The number of ether oxygens (including phenoxy) is 1. The zero-order valence-electron chi connectivity index (χ0n) is 20.1. The van der Waals surface area contributed by atoms with E-state index < -0.39 is 26.3 Å². The molecular formula is C23H31F2N5O3Si. The highest BCUT2D eigenvalue weighted by atomic mass is 28.3. The molecule has 0 bridgehead atoms. The molecule has 1 saturated carbocycles. The molecule has 11 heteroatoms. The van der Waals surface area contributed by atoms with Gasteiger partial charge in [0.15, 0.2) is 5.82 Å². The molecule has 1 fully saturated rings. The van der Waals surface area contributed by atoms with Gasteiger partial charge in [0.05, 0.1) is 31.5 Å². The number of benzene rings is 1. The number of para-hydroxylation sites is 2. The molecule has 3 amide bonds. The number of hydrogen-bond acceptors (Lipinski definition) is 4. The molecule has 184 valence electrons. The third-order valence-corrected chi connectivity index (χ3v) is 11.0. The lowest BCUT2D eigenvalue weighted by Crippen LogP contribution is -2.52. The van der Waals surface area contributed by atoms with Gasteiger partial charge in [0.25, 0.3) is 0 Å². The van der Waals surface area contributed by atoms with Crippen molar-refractivity contribution >= 4 is 31.5 Å². The molecule has 34 heavy (non-hydrogen) atoms. The summed E-state index contributed by atoms with van der Waals surface area (Å²) in [6.45, 7) is 7.56. The number of carbonyl (C=O) groups is 2. The Morgan fingerprint density at radius 1 is 1.18 bits per heavy atom. The molecule has 4 rings (SSSR count). The summed E-state index contributed by atoms with van der Waals surface area (Å²) < 4.78 is 30.0. The topological polar surface area (TPSA) is 99.4 Å². The quantitative estimate of drug-likeness (QED) is 0.465. The lowest BCUT2D eigenvalue weighted by atomic mass is 9.83. The van der Waals surface area contributed by atoms with Crippen molar-refractivity contribution in [3.05, 3.63) is 35.5 Å². The van der Waals surface area contributed by atoms with E-state index in [9.17, 15) is 18.4 Å². The van der Waals surface area contributed by atoms with Crippen molar-refractivity contribution in [2.75, 3.05) is 10.6 Å². The number of halogens is 2. The zero-order valence-corrected chi connectivity index (χ0v) is 21.1. The molecule has 1 aliphatic carbocycles. The van der Waals surface area contributed by atoms with E-state index in [-0.39, 0.29) is 28.9 Å². The predicted octanol–water partition coefficient (Wildman–Crippen LogP) is 5.49. The minimum atomic E-state index is -3.01. The van der Waals surface area contributed by atoms with E-state index in [1.807, 2.05) is 13.8 Å². The van der Waals surface area contributed by atoms with Crippen LogP contribution in [0.15, 0.2) is 24.3 Å². The minimum Gasteiger partial charge on any atom is -0.433 e. The average Bonchev–Trinajstić information content (AvgIpc) is 3.19. The van der Waals surface area contributed by atoms with E-state index >= 15 is 0 Å². The average molecular weight is 492 g/mol. The Morgan fingerprint density at radius 3 is 2.44 bits per heavy atom. The van der Waals surface area contributed by atoms with Crippen LogP contribution in [0.3, 0.4) is 0 Å². The highest BCUT2D eigenvalue weighted by Crippen LogP contribution is 2.56. The summed E-state index contributed by atoms with van der Waals surface area (Å²) in [7, 11) is -1.76. The van der Waals surface area contributed by atoms with Crippen LogP contribution in [0.25, 0.3) is 0 Å². The van der Waals surface area contributed by atoms with Gasteiger partial charge < -0.3 is 20.3 Å². The van der Waals surface area contributed by atoms with Crippen LogP contribution in [0.4, 0.5) is 25.1 Å². The summed E-state index contributed by atoms with van der Waals surface area (Å²) in [6, 6.07) is 5.56. The number of anilines is 2. The Labute approximate surface area is 198 Å². The normalized spacial score (nSPS) is 18.3. The van der Waals surface area contributed by atoms with Gasteiger partial charge >= 0.3 is 12.6 Å². The number of nitrogens with one attached hydrogen (secondary N) is 3. The summed E-state index contributed by atoms with van der Waals surface area (Å²) in [5, 5.41) is 12.8. The third-order valence-electron chi connectivity index (χ3n) is 7.37. The standard InChI is InChI=1S/C23H31F2N5O3Si/c1-22(2)17-14(18(29-28-17)27-19(31)23(11-8-12-23)34(3,4)5)13-30(22)21(32)26-15-9-6-7-10-16(15)33-20(24)25/h6-7,9-10,20H,8,11-13H2,1-5H3,(H,26,32)(H2,27,28,29,31). The molecule has 2 aliphatic rings. The van der Waals surface area contributed by atoms with E-state index in [1.165, 1.54) is 12.1 Å². The zero-order chi connectivity index (χ0) is 24.9. The number of alkyl halides is 2. The lowest BCUT2D eigenvalue weighted by Gasteiger charge is -2.48. The summed E-state index contributed by atoms with van der Waals surface area (Å²) in [5.74, 6) is 0.327. The second kappa shape index (κ2) is 8.37. The van der Waals surface area contributed by atoms with E-state index in [1.54, 1.807) is 17.0 Å².